The maximum atomic E-state index is 13.7. The second kappa shape index (κ2) is 14.5. The van der Waals surface area contributed by atoms with E-state index < -0.39 is 6.04 Å². The number of nitrogens with zero attached hydrogens (tertiary/aromatic N) is 1. The molecule has 0 aliphatic carbocycles. The van der Waals surface area contributed by atoms with E-state index in [1.165, 1.54) is 17.0 Å². The third-order valence-corrected chi connectivity index (χ3v) is 6.51. The summed E-state index contributed by atoms with van der Waals surface area (Å²) in [6.45, 7) is 0.284. The number of para-hydroxylation sites is 1. The number of carbonyl (C=O) groups is 2. The van der Waals surface area contributed by atoms with Crippen molar-refractivity contribution >= 4 is 11.8 Å². The lowest BCUT2D eigenvalue weighted by Crippen LogP contribution is -2.52. The van der Waals surface area contributed by atoms with Gasteiger partial charge in [-0.3, -0.25) is 9.59 Å². The molecule has 0 aliphatic rings. The third-order valence-electron chi connectivity index (χ3n) is 6.51. The van der Waals surface area contributed by atoms with Gasteiger partial charge in [-0.25, -0.2) is 4.39 Å². The fourth-order valence-corrected chi connectivity index (χ4v) is 4.33. The van der Waals surface area contributed by atoms with Crippen molar-refractivity contribution in [2.24, 2.45) is 0 Å². The molecule has 0 saturated heterocycles. The summed E-state index contributed by atoms with van der Waals surface area (Å²) in [6.07, 6.45) is 0.935. The molecule has 2 amide bonds. The fraction of sp³-hybridized carbons (Fsp3) is 0.212. The van der Waals surface area contributed by atoms with Crippen molar-refractivity contribution in [3.05, 3.63) is 132 Å². The van der Waals surface area contributed by atoms with Crippen molar-refractivity contribution in [2.75, 3.05) is 20.3 Å². The number of rotatable bonds is 13. The van der Waals surface area contributed by atoms with E-state index in [9.17, 15) is 14.0 Å². The fourth-order valence-electron chi connectivity index (χ4n) is 4.33. The Hall–Kier alpha value is -4.65. The largest absolute Gasteiger partial charge is 0.497 e. The number of hydrogen-bond acceptors (Lipinski definition) is 4. The molecular weight excluding hydrogens is 507 g/mol. The number of benzene rings is 4. The summed E-state index contributed by atoms with van der Waals surface area (Å²) in [7, 11) is 1.62. The predicted octanol–water partition coefficient (Wildman–Crippen LogP) is 5.21. The number of nitrogens with one attached hydrogen (secondary N) is 1. The van der Waals surface area contributed by atoms with Crippen molar-refractivity contribution in [2.45, 2.75) is 25.4 Å². The summed E-state index contributed by atoms with van der Waals surface area (Å²) in [5.41, 5.74) is 2.67. The van der Waals surface area contributed by atoms with E-state index in [4.69, 9.17) is 9.47 Å². The molecule has 0 spiro atoms. The van der Waals surface area contributed by atoms with Gasteiger partial charge in [0.2, 0.25) is 5.91 Å². The standard InChI is InChI=1S/C33H33FN2O4/c1-39-29-18-14-25(15-19-29)20-21-35-33(38)31(22-26-8-4-2-5-9-26)36(23-27-12-16-28(34)17-13-27)32(37)24-40-30-10-6-3-7-11-30/h2-19,31H,20-24H2,1H3,(H,35,38)/t31-/m0/s1. The van der Waals surface area contributed by atoms with E-state index in [-0.39, 0.29) is 30.8 Å². The molecule has 7 heteroatoms. The Morgan fingerprint density at radius 3 is 2.05 bits per heavy atom. The van der Waals surface area contributed by atoms with E-state index in [2.05, 4.69) is 5.32 Å². The molecule has 4 aromatic carbocycles. The van der Waals surface area contributed by atoms with Gasteiger partial charge in [-0.15, -0.1) is 0 Å². The average Bonchev–Trinajstić information content (AvgIpc) is 3.00. The smallest absolute Gasteiger partial charge is 0.261 e. The SMILES string of the molecule is COc1ccc(CCNC(=O)[C@H](Cc2ccccc2)N(Cc2ccc(F)cc2)C(=O)COc2ccccc2)cc1. The minimum Gasteiger partial charge on any atom is -0.497 e. The van der Waals surface area contributed by atoms with Crippen molar-refractivity contribution in [3.8, 4) is 11.5 Å². The first-order valence-electron chi connectivity index (χ1n) is 13.2. The molecule has 40 heavy (non-hydrogen) atoms. The molecule has 0 aromatic heterocycles. The Morgan fingerprint density at radius 1 is 0.775 bits per heavy atom. The van der Waals surface area contributed by atoms with Crippen molar-refractivity contribution in [1.29, 1.82) is 0 Å². The van der Waals surface area contributed by atoms with Crippen LogP contribution in [-0.4, -0.2) is 43.0 Å². The number of halogens is 1. The molecule has 206 valence electrons. The Kier molecular flexibility index (Phi) is 10.3. The Balaban J connectivity index is 1.54. The van der Waals surface area contributed by atoms with E-state index in [1.807, 2.05) is 72.8 Å². The van der Waals surface area contributed by atoms with Gasteiger partial charge < -0.3 is 19.7 Å². The first-order chi connectivity index (χ1) is 19.5. The maximum Gasteiger partial charge on any atom is 0.261 e. The zero-order valence-electron chi connectivity index (χ0n) is 22.5. The van der Waals surface area contributed by atoms with Gasteiger partial charge in [0, 0.05) is 19.5 Å². The predicted molar refractivity (Wildman–Crippen MR) is 153 cm³/mol. The van der Waals surface area contributed by atoms with Crippen LogP contribution in [0.1, 0.15) is 16.7 Å². The lowest BCUT2D eigenvalue weighted by molar-refractivity contribution is -0.142. The van der Waals surface area contributed by atoms with E-state index >= 15 is 0 Å². The van der Waals surface area contributed by atoms with Crippen molar-refractivity contribution in [1.82, 2.24) is 10.2 Å². The molecule has 1 atom stereocenters. The topological polar surface area (TPSA) is 67.9 Å². The highest BCUT2D eigenvalue weighted by Crippen LogP contribution is 2.17. The Bertz CT molecular complexity index is 1350. The van der Waals surface area contributed by atoms with Gasteiger partial charge in [-0.1, -0.05) is 72.8 Å². The molecule has 0 radical (unpaired) electrons. The number of amides is 2. The van der Waals surface area contributed by atoms with Gasteiger partial charge in [0.1, 0.15) is 23.4 Å². The zero-order valence-corrected chi connectivity index (χ0v) is 22.5. The molecule has 6 nitrogen and oxygen atoms in total. The highest BCUT2D eigenvalue weighted by Gasteiger charge is 2.30. The van der Waals surface area contributed by atoms with Crippen LogP contribution in [0.3, 0.4) is 0 Å². The summed E-state index contributed by atoms with van der Waals surface area (Å²) in [4.78, 5) is 28.8. The monoisotopic (exact) mass is 540 g/mol. The number of carbonyl (C=O) groups excluding carboxylic acids is 2. The Morgan fingerprint density at radius 2 is 1.40 bits per heavy atom. The third kappa shape index (κ3) is 8.43. The van der Waals surface area contributed by atoms with Gasteiger partial charge in [0.05, 0.1) is 7.11 Å². The molecule has 0 unspecified atom stereocenters. The van der Waals surface area contributed by atoms with Crippen LogP contribution >= 0.6 is 0 Å². The van der Waals surface area contributed by atoms with Crippen LogP contribution in [0, 0.1) is 5.82 Å². The molecule has 4 aromatic rings. The maximum absolute atomic E-state index is 13.7. The quantitative estimate of drug-likeness (QED) is 0.253. The highest BCUT2D eigenvalue weighted by molar-refractivity contribution is 5.88. The van der Waals surface area contributed by atoms with Crippen LogP contribution in [0.5, 0.6) is 11.5 Å². The van der Waals surface area contributed by atoms with Crippen LogP contribution in [0.4, 0.5) is 4.39 Å². The summed E-state index contributed by atoms with van der Waals surface area (Å²) in [6, 6.07) is 31.4. The molecule has 0 saturated carbocycles. The molecule has 1 N–H and O–H groups in total. The second-order valence-electron chi connectivity index (χ2n) is 9.34. The van der Waals surface area contributed by atoms with E-state index in [0.717, 1.165) is 16.9 Å². The lowest BCUT2D eigenvalue weighted by Gasteiger charge is -2.31. The van der Waals surface area contributed by atoms with Gasteiger partial charge in [0.25, 0.3) is 5.91 Å². The minimum absolute atomic E-state index is 0.126. The summed E-state index contributed by atoms with van der Waals surface area (Å²) >= 11 is 0. The van der Waals surface area contributed by atoms with E-state index in [1.54, 1.807) is 31.4 Å². The van der Waals surface area contributed by atoms with Gasteiger partial charge >= 0.3 is 0 Å². The number of hydrogen-bond donors (Lipinski definition) is 1. The van der Waals surface area contributed by atoms with Crippen LogP contribution in [0.15, 0.2) is 109 Å². The molecule has 4 rings (SSSR count). The van der Waals surface area contributed by atoms with Crippen molar-refractivity contribution < 1.29 is 23.5 Å². The Labute approximate surface area is 234 Å². The lowest BCUT2D eigenvalue weighted by atomic mass is 10.0. The molecular formula is C33H33FN2O4. The first kappa shape index (κ1) is 28.4. The normalized spacial score (nSPS) is 11.3. The molecule has 0 heterocycles. The number of methoxy groups -OCH3 is 1. The van der Waals surface area contributed by atoms with Crippen LogP contribution in [0.2, 0.25) is 0 Å². The molecule has 0 bridgehead atoms. The number of ether oxygens (including phenoxy) is 2. The van der Waals surface area contributed by atoms with Crippen LogP contribution in [-0.2, 0) is 29.0 Å². The van der Waals surface area contributed by atoms with Crippen LogP contribution in [0.25, 0.3) is 0 Å². The van der Waals surface area contributed by atoms with E-state index in [0.29, 0.717) is 30.7 Å². The second-order valence-corrected chi connectivity index (χ2v) is 9.34. The van der Waals surface area contributed by atoms with Gasteiger partial charge in [-0.05, 0) is 59.5 Å². The molecule has 0 aliphatic heterocycles. The minimum atomic E-state index is -0.810. The van der Waals surface area contributed by atoms with Gasteiger partial charge in [-0.2, -0.15) is 0 Å². The first-order valence-corrected chi connectivity index (χ1v) is 13.2. The summed E-state index contributed by atoms with van der Waals surface area (Å²) in [5, 5.41) is 3.02. The average molecular weight is 541 g/mol. The highest BCUT2D eigenvalue weighted by atomic mass is 19.1. The molecule has 0 fully saturated rings. The zero-order chi connectivity index (χ0) is 28.2. The summed E-state index contributed by atoms with van der Waals surface area (Å²) in [5.74, 6) is 0.336. The summed E-state index contributed by atoms with van der Waals surface area (Å²) < 4.78 is 24.6. The van der Waals surface area contributed by atoms with Gasteiger partial charge in [0.15, 0.2) is 6.61 Å². The van der Waals surface area contributed by atoms with Crippen LogP contribution < -0.4 is 14.8 Å². The van der Waals surface area contributed by atoms with Crippen molar-refractivity contribution in [3.63, 3.8) is 0 Å².